The minimum Gasteiger partial charge on any atom is -0.381 e. The van der Waals surface area contributed by atoms with Crippen LogP contribution in [0.3, 0.4) is 0 Å². The van der Waals surface area contributed by atoms with Crippen LogP contribution in [0.2, 0.25) is 0 Å². The van der Waals surface area contributed by atoms with Gasteiger partial charge in [0.1, 0.15) is 0 Å². The molecule has 6 nitrogen and oxygen atoms in total. The molecule has 1 atom stereocenters. The molecule has 0 aliphatic carbocycles. The molecule has 0 spiro atoms. The lowest BCUT2D eigenvalue weighted by molar-refractivity contribution is -0.0280. The molecule has 6 heteroatoms. The van der Waals surface area contributed by atoms with Gasteiger partial charge in [-0.3, -0.25) is 4.90 Å². The van der Waals surface area contributed by atoms with Gasteiger partial charge in [-0.1, -0.05) is 18.2 Å². The number of piperidine rings is 1. The standard InChI is InChI=1S/C16H23N5O/c1-16(2)10-14(22-3)7-8-21(16)11-12-5-4-6-13(9-12)15-17-19-20-18-15/h4-6,9,14H,7-8,10-11H2,1-3H3,(H,17,18,19,20). The van der Waals surface area contributed by atoms with Crippen molar-refractivity contribution >= 4 is 0 Å². The molecule has 2 aromatic rings. The summed E-state index contributed by atoms with van der Waals surface area (Å²) in [5.74, 6) is 0.638. The average molecular weight is 301 g/mol. The zero-order valence-corrected chi connectivity index (χ0v) is 13.4. The quantitative estimate of drug-likeness (QED) is 0.938. The maximum Gasteiger partial charge on any atom is 0.204 e. The van der Waals surface area contributed by atoms with E-state index in [2.05, 4.69) is 57.6 Å². The average Bonchev–Trinajstić information content (AvgIpc) is 3.03. The molecule has 1 unspecified atom stereocenters. The van der Waals surface area contributed by atoms with Crippen LogP contribution in [0.5, 0.6) is 0 Å². The molecule has 1 aromatic carbocycles. The molecule has 1 fully saturated rings. The van der Waals surface area contributed by atoms with Gasteiger partial charge in [0, 0.05) is 31.3 Å². The molecule has 0 saturated carbocycles. The lowest BCUT2D eigenvalue weighted by Gasteiger charge is -2.45. The Labute approximate surface area is 130 Å². The zero-order chi connectivity index (χ0) is 15.6. The molecule has 1 aromatic heterocycles. The summed E-state index contributed by atoms with van der Waals surface area (Å²) in [5, 5.41) is 14.2. The Balaban J connectivity index is 1.75. The normalized spacial score (nSPS) is 21.9. The van der Waals surface area contributed by atoms with Crippen LogP contribution < -0.4 is 0 Å². The second-order valence-electron chi connectivity index (χ2n) is 6.52. The van der Waals surface area contributed by atoms with Gasteiger partial charge < -0.3 is 4.74 Å². The summed E-state index contributed by atoms with van der Waals surface area (Å²) in [6, 6.07) is 8.36. The minimum absolute atomic E-state index is 0.140. The van der Waals surface area contributed by atoms with E-state index in [0.29, 0.717) is 11.9 Å². The SMILES string of the molecule is COC1CCN(Cc2cccc(-c3nn[nH]n3)c2)C(C)(C)C1. The van der Waals surface area contributed by atoms with Crippen molar-refractivity contribution in [3.63, 3.8) is 0 Å². The van der Waals surface area contributed by atoms with Crippen LogP contribution in [0.15, 0.2) is 24.3 Å². The van der Waals surface area contributed by atoms with Crippen LogP contribution in [0, 0.1) is 0 Å². The van der Waals surface area contributed by atoms with E-state index < -0.39 is 0 Å². The van der Waals surface area contributed by atoms with Crippen LogP contribution >= 0.6 is 0 Å². The molecule has 0 bridgehead atoms. The molecule has 118 valence electrons. The number of ether oxygens (including phenoxy) is 1. The highest BCUT2D eigenvalue weighted by Crippen LogP contribution is 2.30. The van der Waals surface area contributed by atoms with Gasteiger partial charge in [-0.15, -0.1) is 10.2 Å². The second kappa shape index (κ2) is 6.14. The summed E-state index contributed by atoms with van der Waals surface area (Å²) < 4.78 is 5.54. The topological polar surface area (TPSA) is 66.9 Å². The largest absolute Gasteiger partial charge is 0.381 e. The van der Waals surface area contributed by atoms with Crippen LogP contribution in [-0.2, 0) is 11.3 Å². The number of hydrogen-bond acceptors (Lipinski definition) is 5. The highest BCUT2D eigenvalue weighted by Gasteiger charge is 2.34. The Bertz CT molecular complexity index is 611. The maximum atomic E-state index is 5.54. The van der Waals surface area contributed by atoms with Gasteiger partial charge in [0.05, 0.1) is 6.10 Å². The van der Waals surface area contributed by atoms with Crippen LogP contribution in [0.25, 0.3) is 11.4 Å². The molecule has 22 heavy (non-hydrogen) atoms. The van der Waals surface area contributed by atoms with E-state index in [1.54, 1.807) is 0 Å². The van der Waals surface area contributed by atoms with E-state index in [1.807, 2.05) is 13.2 Å². The number of H-pyrrole nitrogens is 1. The number of nitrogens with one attached hydrogen (secondary N) is 1. The third-order valence-corrected chi connectivity index (χ3v) is 4.54. The highest BCUT2D eigenvalue weighted by molar-refractivity contribution is 5.54. The smallest absolute Gasteiger partial charge is 0.204 e. The van der Waals surface area contributed by atoms with Crippen molar-refractivity contribution in [3.8, 4) is 11.4 Å². The summed E-state index contributed by atoms with van der Waals surface area (Å²) in [6.07, 6.45) is 2.52. The highest BCUT2D eigenvalue weighted by atomic mass is 16.5. The fourth-order valence-corrected chi connectivity index (χ4v) is 3.20. The summed E-state index contributed by atoms with van der Waals surface area (Å²) in [6.45, 7) is 6.56. The summed E-state index contributed by atoms with van der Waals surface area (Å²) in [7, 11) is 1.81. The van der Waals surface area contributed by atoms with Crippen molar-refractivity contribution < 1.29 is 4.74 Å². The van der Waals surface area contributed by atoms with Gasteiger partial charge in [0.2, 0.25) is 5.82 Å². The predicted octanol–water partition coefficient (Wildman–Crippen LogP) is 2.26. The lowest BCUT2D eigenvalue weighted by atomic mass is 9.88. The predicted molar refractivity (Wildman–Crippen MR) is 84.1 cm³/mol. The lowest BCUT2D eigenvalue weighted by Crippen LogP contribution is -2.51. The first-order chi connectivity index (χ1) is 10.6. The molecular formula is C16H23N5O. The molecule has 1 aliphatic rings. The summed E-state index contributed by atoms with van der Waals surface area (Å²) in [5.41, 5.74) is 2.41. The van der Waals surface area contributed by atoms with E-state index in [9.17, 15) is 0 Å². The van der Waals surface area contributed by atoms with E-state index in [1.165, 1.54) is 5.56 Å². The van der Waals surface area contributed by atoms with Crippen LogP contribution in [0.4, 0.5) is 0 Å². The fourth-order valence-electron chi connectivity index (χ4n) is 3.20. The minimum atomic E-state index is 0.140. The first-order valence-corrected chi connectivity index (χ1v) is 7.69. The van der Waals surface area contributed by atoms with Crippen LogP contribution in [-0.4, -0.2) is 50.8 Å². The molecule has 0 amide bonds. The van der Waals surface area contributed by atoms with Gasteiger partial charge >= 0.3 is 0 Å². The first kappa shape index (κ1) is 15.1. The van der Waals surface area contributed by atoms with Crippen molar-refractivity contribution in [1.82, 2.24) is 25.5 Å². The van der Waals surface area contributed by atoms with Crippen LogP contribution in [0.1, 0.15) is 32.3 Å². The second-order valence-corrected chi connectivity index (χ2v) is 6.52. The third kappa shape index (κ3) is 3.18. The van der Waals surface area contributed by atoms with E-state index >= 15 is 0 Å². The fraction of sp³-hybridized carbons (Fsp3) is 0.562. The number of nitrogens with zero attached hydrogens (tertiary/aromatic N) is 4. The van der Waals surface area contributed by atoms with Crippen molar-refractivity contribution in [2.24, 2.45) is 0 Å². The van der Waals surface area contributed by atoms with Gasteiger partial charge in [-0.05, 0) is 43.5 Å². The Hall–Kier alpha value is -1.79. The Morgan fingerprint density at radius 2 is 2.27 bits per heavy atom. The van der Waals surface area contributed by atoms with Crippen molar-refractivity contribution in [2.75, 3.05) is 13.7 Å². The molecule has 1 aliphatic heterocycles. The number of tetrazole rings is 1. The van der Waals surface area contributed by atoms with Crippen molar-refractivity contribution in [3.05, 3.63) is 29.8 Å². The zero-order valence-electron chi connectivity index (χ0n) is 13.4. The number of rotatable bonds is 4. The molecule has 0 radical (unpaired) electrons. The molecule has 3 rings (SSSR count). The number of methoxy groups -OCH3 is 1. The molecule has 2 heterocycles. The Morgan fingerprint density at radius 1 is 1.41 bits per heavy atom. The molecule has 1 N–H and O–H groups in total. The van der Waals surface area contributed by atoms with E-state index in [4.69, 9.17) is 4.74 Å². The first-order valence-electron chi connectivity index (χ1n) is 7.69. The molecule has 1 saturated heterocycles. The van der Waals surface area contributed by atoms with Crippen molar-refractivity contribution in [1.29, 1.82) is 0 Å². The van der Waals surface area contributed by atoms with Gasteiger partial charge in [0.25, 0.3) is 0 Å². The maximum absolute atomic E-state index is 5.54. The van der Waals surface area contributed by atoms with Gasteiger partial charge in [-0.2, -0.15) is 5.21 Å². The van der Waals surface area contributed by atoms with Gasteiger partial charge in [0.15, 0.2) is 0 Å². The monoisotopic (exact) mass is 301 g/mol. The number of likely N-dealkylation sites (tertiary alicyclic amines) is 1. The molecular weight excluding hydrogens is 278 g/mol. The van der Waals surface area contributed by atoms with E-state index in [0.717, 1.165) is 31.5 Å². The number of aromatic nitrogens is 4. The summed E-state index contributed by atoms with van der Waals surface area (Å²) in [4.78, 5) is 2.53. The number of aromatic amines is 1. The Morgan fingerprint density at radius 3 is 2.95 bits per heavy atom. The number of hydrogen-bond donors (Lipinski definition) is 1. The number of benzene rings is 1. The third-order valence-electron chi connectivity index (χ3n) is 4.54. The van der Waals surface area contributed by atoms with Gasteiger partial charge in [-0.25, -0.2) is 0 Å². The van der Waals surface area contributed by atoms with Crippen molar-refractivity contribution in [2.45, 2.75) is 44.9 Å². The summed E-state index contributed by atoms with van der Waals surface area (Å²) >= 11 is 0. The Kier molecular flexibility index (Phi) is 4.22. The van der Waals surface area contributed by atoms with E-state index in [-0.39, 0.29) is 5.54 Å².